The molecule has 3 nitrogen and oxygen atoms in total. The van der Waals surface area contributed by atoms with E-state index >= 15 is 0 Å². The maximum Gasteiger partial charge on any atom is 0.146 e. The molecule has 0 aromatic heterocycles. The highest BCUT2D eigenvalue weighted by atomic mass is 28.2. The van der Waals surface area contributed by atoms with Gasteiger partial charge in [-0.1, -0.05) is 0 Å². The molecule has 3 N–H and O–H groups in total. The Labute approximate surface area is 78.6 Å². The van der Waals surface area contributed by atoms with Gasteiger partial charge in [-0.05, 0) is 26.7 Å². The second-order valence-corrected chi connectivity index (χ2v) is 4.03. The number of nitrogens with one attached hydrogen (secondary N) is 1. The second kappa shape index (κ2) is 6.60. The van der Waals surface area contributed by atoms with Crippen molar-refractivity contribution in [1.82, 2.24) is 5.32 Å². The molecule has 1 aliphatic heterocycles. The molecule has 0 aliphatic carbocycles. The minimum atomic E-state index is 0.390. The largest absolute Gasteiger partial charge is 0.426 e. The van der Waals surface area contributed by atoms with Crippen LogP contribution in [0.15, 0.2) is 0 Å². The van der Waals surface area contributed by atoms with E-state index in [9.17, 15) is 0 Å². The molecule has 0 spiro atoms. The summed E-state index contributed by atoms with van der Waals surface area (Å²) >= 11 is 0. The van der Waals surface area contributed by atoms with E-state index < -0.39 is 0 Å². The van der Waals surface area contributed by atoms with Crippen molar-refractivity contribution in [1.29, 1.82) is 0 Å². The molecule has 1 rings (SSSR count). The van der Waals surface area contributed by atoms with Gasteiger partial charge in [0.15, 0.2) is 0 Å². The Morgan fingerprint density at radius 1 is 1.42 bits per heavy atom. The summed E-state index contributed by atoms with van der Waals surface area (Å²) in [6, 6.07) is 0.390. The summed E-state index contributed by atoms with van der Waals surface area (Å²) in [6.07, 6.45) is 0.446. The summed E-state index contributed by atoms with van der Waals surface area (Å²) in [7, 11) is 0.873. The highest BCUT2D eigenvalue weighted by Gasteiger charge is 2.19. The van der Waals surface area contributed by atoms with Gasteiger partial charge in [-0.2, -0.15) is 0 Å². The van der Waals surface area contributed by atoms with Gasteiger partial charge in [0, 0.05) is 25.2 Å². The Bertz CT molecular complexity index is 105. The standard InChI is InChI=1S/C5H12N2.C3H10OSi/c1-4(6)5-2-7-3-5;1-3(2)4-5/h4-5,7H,2-3,6H2,1H3;3H,1-2,5H3. The van der Waals surface area contributed by atoms with Crippen LogP contribution in [0.5, 0.6) is 0 Å². The van der Waals surface area contributed by atoms with E-state index in [2.05, 4.69) is 12.2 Å². The van der Waals surface area contributed by atoms with E-state index in [1.807, 2.05) is 13.8 Å². The lowest BCUT2D eigenvalue weighted by molar-refractivity contribution is 0.267. The molecule has 1 fully saturated rings. The van der Waals surface area contributed by atoms with Gasteiger partial charge in [-0.3, -0.25) is 0 Å². The number of nitrogens with two attached hydrogens (primary N) is 1. The fraction of sp³-hybridized carbons (Fsp3) is 1.00. The molecule has 4 heteroatoms. The molecule has 1 aliphatic rings. The Hall–Kier alpha value is 0.0969. The van der Waals surface area contributed by atoms with Crippen LogP contribution in [-0.4, -0.2) is 35.7 Å². The molecular formula is C8H22N2OSi. The summed E-state index contributed by atoms with van der Waals surface area (Å²) in [4.78, 5) is 0. The maximum absolute atomic E-state index is 5.56. The summed E-state index contributed by atoms with van der Waals surface area (Å²) in [5.74, 6) is 0.750. The van der Waals surface area contributed by atoms with Crippen LogP contribution in [-0.2, 0) is 4.43 Å². The molecule has 0 saturated carbocycles. The normalized spacial score (nSPS) is 19.8. The van der Waals surface area contributed by atoms with Crippen LogP contribution in [0.4, 0.5) is 0 Å². The molecule has 12 heavy (non-hydrogen) atoms. The topological polar surface area (TPSA) is 47.3 Å². The fourth-order valence-electron chi connectivity index (χ4n) is 0.683. The first-order valence-corrected chi connectivity index (χ1v) is 5.38. The maximum atomic E-state index is 5.56. The quantitative estimate of drug-likeness (QED) is 0.563. The van der Waals surface area contributed by atoms with E-state index in [4.69, 9.17) is 10.2 Å². The van der Waals surface area contributed by atoms with Crippen LogP contribution in [0.2, 0.25) is 0 Å². The van der Waals surface area contributed by atoms with E-state index in [0.717, 1.165) is 29.5 Å². The third-order valence-corrected chi connectivity index (χ3v) is 2.97. The third kappa shape index (κ3) is 5.71. The Morgan fingerprint density at radius 2 is 1.83 bits per heavy atom. The second-order valence-electron chi connectivity index (χ2n) is 3.56. The molecule has 0 amide bonds. The number of hydrogen-bond donors (Lipinski definition) is 2. The van der Waals surface area contributed by atoms with Crippen molar-refractivity contribution < 1.29 is 4.43 Å². The zero-order valence-corrected chi connectivity index (χ0v) is 10.6. The van der Waals surface area contributed by atoms with Gasteiger partial charge in [-0.15, -0.1) is 0 Å². The minimum Gasteiger partial charge on any atom is -0.426 e. The first-order valence-electron chi connectivity index (χ1n) is 4.57. The summed E-state index contributed by atoms with van der Waals surface area (Å²) in [5, 5.41) is 3.16. The predicted octanol–water partition coefficient (Wildman–Crippen LogP) is -0.755. The molecule has 1 unspecified atom stereocenters. The lowest BCUT2D eigenvalue weighted by atomic mass is 9.96. The smallest absolute Gasteiger partial charge is 0.146 e. The molecule has 0 aromatic rings. The highest BCUT2D eigenvalue weighted by Crippen LogP contribution is 2.04. The van der Waals surface area contributed by atoms with Gasteiger partial charge in [0.2, 0.25) is 0 Å². The first-order chi connectivity index (χ1) is 5.57. The van der Waals surface area contributed by atoms with Gasteiger partial charge < -0.3 is 15.5 Å². The van der Waals surface area contributed by atoms with E-state index in [0.29, 0.717) is 12.1 Å². The first kappa shape index (κ1) is 12.1. The van der Waals surface area contributed by atoms with Crippen molar-refractivity contribution in [2.75, 3.05) is 13.1 Å². The average Bonchev–Trinajstić information content (AvgIpc) is 1.83. The molecule has 74 valence electrons. The summed E-state index contributed by atoms with van der Waals surface area (Å²) in [5.41, 5.74) is 5.56. The molecule has 0 aromatic carbocycles. The molecule has 0 bridgehead atoms. The lowest BCUT2D eigenvalue weighted by Crippen LogP contribution is -2.50. The van der Waals surface area contributed by atoms with Crippen molar-refractivity contribution in [3.63, 3.8) is 0 Å². The van der Waals surface area contributed by atoms with Gasteiger partial charge in [0.05, 0.1) is 0 Å². The Morgan fingerprint density at radius 3 is 1.83 bits per heavy atom. The molecule has 0 radical (unpaired) electrons. The fourth-order valence-corrected chi connectivity index (χ4v) is 0.683. The molecular weight excluding hydrogens is 168 g/mol. The van der Waals surface area contributed by atoms with E-state index in [1.54, 1.807) is 0 Å². The lowest BCUT2D eigenvalue weighted by Gasteiger charge is -2.30. The predicted molar refractivity (Wildman–Crippen MR) is 56.2 cm³/mol. The van der Waals surface area contributed by atoms with Gasteiger partial charge in [0.25, 0.3) is 0 Å². The molecule has 1 saturated heterocycles. The van der Waals surface area contributed by atoms with E-state index in [-0.39, 0.29) is 0 Å². The SMILES string of the molecule is CC(C)O[SiH3].CC(N)C1CNC1. The number of rotatable bonds is 2. The van der Waals surface area contributed by atoms with Crippen LogP contribution in [0.25, 0.3) is 0 Å². The van der Waals surface area contributed by atoms with Crippen LogP contribution >= 0.6 is 0 Å². The van der Waals surface area contributed by atoms with Gasteiger partial charge in [-0.25, -0.2) is 0 Å². The minimum absolute atomic E-state index is 0.390. The van der Waals surface area contributed by atoms with Crippen molar-refractivity contribution in [2.24, 2.45) is 11.7 Å². The molecule has 1 atom stereocenters. The number of hydrogen-bond acceptors (Lipinski definition) is 3. The van der Waals surface area contributed by atoms with Crippen LogP contribution in [0, 0.1) is 5.92 Å². The van der Waals surface area contributed by atoms with Crippen LogP contribution in [0.1, 0.15) is 20.8 Å². The van der Waals surface area contributed by atoms with Crippen molar-refractivity contribution in [2.45, 2.75) is 32.9 Å². The average molecular weight is 190 g/mol. The van der Waals surface area contributed by atoms with Gasteiger partial charge in [0.1, 0.15) is 10.5 Å². The Kier molecular flexibility index (Phi) is 6.65. The van der Waals surface area contributed by atoms with Crippen molar-refractivity contribution in [3.8, 4) is 0 Å². The van der Waals surface area contributed by atoms with Crippen molar-refractivity contribution >= 4 is 10.5 Å². The summed E-state index contributed by atoms with van der Waals surface area (Å²) in [6.45, 7) is 8.38. The van der Waals surface area contributed by atoms with E-state index in [1.165, 1.54) is 0 Å². The molecule has 1 heterocycles. The zero-order valence-electron chi connectivity index (χ0n) is 8.63. The highest BCUT2D eigenvalue weighted by molar-refractivity contribution is 5.98. The van der Waals surface area contributed by atoms with Gasteiger partial charge >= 0.3 is 0 Å². The third-order valence-electron chi connectivity index (χ3n) is 2.03. The van der Waals surface area contributed by atoms with Crippen LogP contribution < -0.4 is 11.1 Å². The monoisotopic (exact) mass is 190 g/mol. The van der Waals surface area contributed by atoms with Crippen LogP contribution in [0.3, 0.4) is 0 Å². The summed E-state index contributed by atoms with van der Waals surface area (Å²) < 4.78 is 4.89. The van der Waals surface area contributed by atoms with Crippen molar-refractivity contribution in [3.05, 3.63) is 0 Å². The Balaban J connectivity index is 0.000000217. The zero-order chi connectivity index (χ0) is 9.56.